The van der Waals surface area contributed by atoms with Gasteiger partial charge in [0.2, 0.25) is 0 Å². The molecule has 24 heavy (non-hydrogen) atoms. The van der Waals surface area contributed by atoms with Crippen LogP contribution in [0.1, 0.15) is 30.3 Å². The van der Waals surface area contributed by atoms with E-state index in [4.69, 9.17) is 0 Å². The van der Waals surface area contributed by atoms with E-state index in [2.05, 4.69) is 62.0 Å². The maximum atomic E-state index is 4.46. The molecule has 1 saturated heterocycles. The van der Waals surface area contributed by atoms with Gasteiger partial charge in [-0.25, -0.2) is 4.98 Å². The molecular formula is C19H23N5. The molecule has 1 aromatic carbocycles. The van der Waals surface area contributed by atoms with E-state index in [1.807, 2.05) is 18.6 Å². The average molecular weight is 321 g/mol. The second-order valence-corrected chi connectivity index (χ2v) is 6.59. The van der Waals surface area contributed by atoms with Crippen LogP contribution in [-0.4, -0.2) is 37.7 Å². The Balaban J connectivity index is 1.53. The average Bonchev–Trinajstić information content (AvgIpc) is 3.26. The SMILES string of the molecule is Cn1ccnc1CN1CCC[C@H](c2[nH]ncc2-c2ccccc2)C1. The van der Waals surface area contributed by atoms with Gasteiger partial charge in [-0.15, -0.1) is 0 Å². The quantitative estimate of drug-likeness (QED) is 0.803. The molecule has 1 N–H and O–H groups in total. The molecule has 124 valence electrons. The van der Waals surface area contributed by atoms with Crippen molar-refractivity contribution < 1.29 is 0 Å². The summed E-state index contributed by atoms with van der Waals surface area (Å²) >= 11 is 0. The number of hydrogen-bond acceptors (Lipinski definition) is 3. The fourth-order valence-electron chi connectivity index (χ4n) is 3.64. The van der Waals surface area contributed by atoms with Crippen molar-refractivity contribution in [1.29, 1.82) is 0 Å². The van der Waals surface area contributed by atoms with Gasteiger partial charge in [0.15, 0.2) is 0 Å². The molecular weight excluding hydrogens is 298 g/mol. The van der Waals surface area contributed by atoms with Crippen LogP contribution >= 0.6 is 0 Å². The van der Waals surface area contributed by atoms with Crippen molar-refractivity contribution in [2.75, 3.05) is 13.1 Å². The molecule has 0 aliphatic carbocycles. The molecule has 0 radical (unpaired) electrons. The molecule has 0 spiro atoms. The number of nitrogens with one attached hydrogen (secondary N) is 1. The summed E-state index contributed by atoms with van der Waals surface area (Å²) in [5, 5.41) is 7.60. The van der Waals surface area contributed by atoms with Gasteiger partial charge in [0.1, 0.15) is 5.82 Å². The summed E-state index contributed by atoms with van der Waals surface area (Å²) in [6, 6.07) is 10.5. The molecule has 0 amide bonds. The van der Waals surface area contributed by atoms with E-state index in [0.29, 0.717) is 5.92 Å². The van der Waals surface area contributed by atoms with Crippen molar-refractivity contribution in [2.45, 2.75) is 25.3 Å². The lowest BCUT2D eigenvalue weighted by atomic mass is 9.90. The van der Waals surface area contributed by atoms with E-state index < -0.39 is 0 Å². The summed E-state index contributed by atoms with van der Waals surface area (Å²) in [5.41, 5.74) is 3.74. The van der Waals surface area contributed by atoms with Crippen molar-refractivity contribution in [1.82, 2.24) is 24.6 Å². The molecule has 5 heteroatoms. The number of rotatable bonds is 4. The third kappa shape index (κ3) is 2.99. The Morgan fingerprint density at radius 2 is 2.12 bits per heavy atom. The molecule has 1 fully saturated rings. The van der Waals surface area contributed by atoms with Crippen LogP contribution in [0.3, 0.4) is 0 Å². The summed E-state index contributed by atoms with van der Waals surface area (Å²) in [5.74, 6) is 1.63. The molecule has 1 aliphatic heterocycles. The molecule has 3 heterocycles. The van der Waals surface area contributed by atoms with Crippen molar-refractivity contribution in [2.24, 2.45) is 7.05 Å². The minimum Gasteiger partial charge on any atom is -0.337 e. The number of H-pyrrole nitrogens is 1. The Morgan fingerprint density at radius 1 is 1.25 bits per heavy atom. The van der Waals surface area contributed by atoms with E-state index in [1.165, 1.54) is 29.7 Å². The van der Waals surface area contributed by atoms with Crippen LogP contribution in [0, 0.1) is 0 Å². The predicted molar refractivity (Wildman–Crippen MR) is 94.5 cm³/mol. The zero-order valence-electron chi connectivity index (χ0n) is 14.0. The van der Waals surface area contributed by atoms with E-state index in [9.17, 15) is 0 Å². The highest BCUT2D eigenvalue weighted by atomic mass is 15.2. The molecule has 3 aromatic rings. The normalized spacial score (nSPS) is 18.8. The maximum Gasteiger partial charge on any atom is 0.122 e. The van der Waals surface area contributed by atoms with Crippen LogP contribution in [-0.2, 0) is 13.6 Å². The van der Waals surface area contributed by atoms with Gasteiger partial charge >= 0.3 is 0 Å². The highest BCUT2D eigenvalue weighted by Gasteiger charge is 2.25. The summed E-state index contributed by atoms with van der Waals surface area (Å²) in [4.78, 5) is 6.97. The van der Waals surface area contributed by atoms with Crippen LogP contribution in [0.2, 0.25) is 0 Å². The smallest absolute Gasteiger partial charge is 0.122 e. The van der Waals surface area contributed by atoms with Crippen LogP contribution in [0.15, 0.2) is 48.9 Å². The van der Waals surface area contributed by atoms with Crippen molar-refractivity contribution >= 4 is 0 Å². The fourth-order valence-corrected chi connectivity index (χ4v) is 3.64. The molecule has 5 nitrogen and oxygen atoms in total. The van der Waals surface area contributed by atoms with Crippen LogP contribution < -0.4 is 0 Å². The summed E-state index contributed by atoms with van der Waals surface area (Å²) in [6.07, 6.45) is 8.27. The van der Waals surface area contributed by atoms with E-state index >= 15 is 0 Å². The fraction of sp³-hybridized carbons (Fsp3) is 0.368. The number of benzene rings is 1. The Kier molecular flexibility index (Phi) is 4.17. The minimum absolute atomic E-state index is 0.497. The number of piperidine rings is 1. The lowest BCUT2D eigenvalue weighted by Crippen LogP contribution is -2.34. The monoisotopic (exact) mass is 321 g/mol. The number of nitrogens with zero attached hydrogens (tertiary/aromatic N) is 4. The second-order valence-electron chi connectivity index (χ2n) is 6.59. The van der Waals surface area contributed by atoms with E-state index in [1.54, 1.807) is 0 Å². The standard InChI is InChI=1S/C19H23N5/c1-23-11-9-20-18(23)14-24-10-5-8-16(13-24)19-17(12-21-22-19)15-6-3-2-4-7-15/h2-4,6-7,9,11-12,16H,5,8,10,13-14H2,1H3,(H,21,22)/t16-/m0/s1. The first kappa shape index (κ1) is 15.1. The van der Waals surface area contributed by atoms with Crippen LogP contribution in [0.4, 0.5) is 0 Å². The van der Waals surface area contributed by atoms with Gasteiger partial charge in [-0.1, -0.05) is 30.3 Å². The zero-order chi connectivity index (χ0) is 16.4. The lowest BCUT2D eigenvalue weighted by Gasteiger charge is -2.32. The predicted octanol–water partition coefficient (Wildman–Crippen LogP) is 3.19. The second kappa shape index (κ2) is 6.61. The van der Waals surface area contributed by atoms with Crippen LogP contribution in [0.25, 0.3) is 11.1 Å². The van der Waals surface area contributed by atoms with Crippen molar-refractivity contribution in [3.8, 4) is 11.1 Å². The number of aromatic nitrogens is 4. The summed E-state index contributed by atoms with van der Waals surface area (Å²) in [6.45, 7) is 3.10. The molecule has 1 aliphatic rings. The summed E-state index contributed by atoms with van der Waals surface area (Å²) in [7, 11) is 2.06. The number of aromatic amines is 1. The molecule has 0 saturated carbocycles. The molecule has 1 atom stereocenters. The molecule has 0 bridgehead atoms. The Morgan fingerprint density at radius 3 is 2.92 bits per heavy atom. The van der Waals surface area contributed by atoms with Gasteiger partial charge in [-0.3, -0.25) is 10.00 Å². The van der Waals surface area contributed by atoms with Crippen LogP contribution in [0.5, 0.6) is 0 Å². The third-order valence-corrected chi connectivity index (χ3v) is 4.95. The first-order valence-corrected chi connectivity index (χ1v) is 8.58. The van der Waals surface area contributed by atoms with Crippen molar-refractivity contribution in [3.05, 3.63) is 60.4 Å². The molecule has 2 aromatic heterocycles. The highest BCUT2D eigenvalue weighted by molar-refractivity contribution is 5.65. The minimum atomic E-state index is 0.497. The first-order valence-electron chi connectivity index (χ1n) is 8.58. The van der Waals surface area contributed by atoms with Crippen molar-refractivity contribution in [3.63, 3.8) is 0 Å². The number of likely N-dealkylation sites (tertiary alicyclic amines) is 1. The van der Waals surface area contributed by atoms with Gasteiger partial charge in [-0.05, 0) is 24.9 Å². The number of aryl methyl sites for hydroxylation is 1. The topological polar surface area (TPSA) is 49.7 Å². The molecule has 4 rings (SSSR count). The highest BCUT2D eigenvalue weighted by Crippen LogP contribution is 2.33. The third-order valence-electron chi connectivity index (χ3n) is 4.95. The van der Waals surface area contributed by atoms with Gasteiger partial charge in [0, 0.05) is 43.2 Å². The zero-order valence-corrected chi connectivity index (χ0v) is 14.0. The Hall–Kier alpha value is -2.40. The number of hydrogen-bond donors (Lipinski definition) is 1. The largest absolute Gasteiger partial charge is 0.337 e. The van der Waals surface area contributed by atoms with Gasteiger partial charge in [-0.2, -0.15) is 5.10 Å². The summed E-state index contributed by atoms with van der Waals surface area (Å²) < 4.78 is 2.11. The van der Waals surface area contributed by atoms with Gasteiger partial charge < -0.3 is 4.57 Å². The first-order chi connectivity index (χ1) is 11.8. The molecule has 0 unspecified atom stereocenters. The van der Waals surface area contributed by atoms with E-state index in [0.717, 1.165) is 25.5 Å². The number of imidazole rings is 1. The Labute approximate surface area is 142 Å². The van der Waals surface area contributed by atoms with E-state index in [-0.39, 0.29) is 0 Å². The lowest BCUT2D eigenvalue weighted by molar-refractivity contribution is 0.193. The maximum absolute atomic E-state index is 4.46. The van der Waals surface area contributed by atoms with Gasteiger partial charge in [0.05, 0.1) is 12.7 Å². The Bertz CT molecular complexity index is 789. The van der Waals surface area contributed by atoms with Gasteiger partial charge in [0.25, 0.3) is 0 Å².